The molecule has 2 fully saturated rings. The minimum absolute atomic E-state index is 0.0780. The van der Waals surface area contributed by atoms with E-state index in [4.69, 9.17) is 0 Å². The van der Waals surface area contributed by atoms with Gasteiger partial charge in [-0.05, 0) is 18.3 Å². The number of aromatic amines is 2. The van der Waals surface area contributed by atoms with Gasteiger partial charge in [0.1, 0.15) is 12.1 Å². The first kappa shape index (κ1) is 21.3. The zero-order valence-electron chi connectivity index (χ0n) is 18.0. The highest BCUT2D eigenvalue weighted by Gasteiger charge is 2.45. The van der Waals surface area contributed by atoms with Gasteiger partial charge in [0.2, 0.25) is 11.8 Å². The van der Waals surface area contributed by atoms with Crippen molar-refractivity contribution in [1.29, 1.82) is 0 Å². The van der Waals surface area contributed by atoms with Crippen molar-refractivity contribution in [3.05, 3.63) is 34.3 Å². The summed E-state index contributed by atoms with van der Waals surface area (Å²) in [4.78, 5) is 44.1. The number of aliphatic hydroxyl groups is 1. The number of carbonyl (C=O) groups excluding carboxylic acids is 2. The van der Waals surface area contributed by atoms with Gasteiger partial charge >= 0.3 is 5.69 Å². The number of aromatic nitrogens is 5. The van der Waals surface area contributed by atoms with Crippen LogP contribution in [0.3, 0.4) is 0 Å². The maximum atomic E-state index is 13.6. The molecule has 0 spiro atoms. The second kappa shape index (κ2) is 7.95. The van der Waals surface area contributed by atoms with Crippen LogP contribution in [0.15, 0.2) is 17.2 Å². The molecule has 168 valence electrons. The van der Waals surface area contributed by atoms with Crippen molar-refractivity contribution in [2.45, 2.75) is 70.7 Å². The molecule has 3 heterocycles. The van der Waals surface area contributed by atoms with Crippen molar-refractivity contribution in [2.75, 3.05) is 6.54 Å². The van der Waals surface area contributed by atoms with Crippen LogP contribution < -0.4 is 11.0 Å². The quantitative estimate of drug-likeness (QED) is 0.507. The van der Waals surface area contributed by atoms with Crippen LogP contribution in [-0.4, -0.2) is 65.5 Å². The summed E-state index contributed by atoms with van der Waals surface area (Å²) in [5.74, 6) is -0.236. The summed E-state index contributed by atoms with van der Waals surface area (Å²) in [5, 5.41) is 21.4. The fourth-order valence-corrected chi connectivity index (χ4v) is 4.09. The van der Waals surface area contributed by atoms with Gasteiger partial charge in [-0.25, -0.2) is 9.48 Å². The number of amides is 2. The van der Waals surface area contributed by atoms with E-state index in [0.717, 1.165) is 18.5 Å². The maximum absolute atomic E-state index is 13.6. The average Bonchev–Trinajstić information content (AvgIpc) is 3.08. The second-order valence-corrected chi connectivity index (χ2v) is 9.55. The zero-order valence-corrected chi connectivity index (χ0v) is 18.0. The molecule has 1 aliphatic carbocycles. The van der Waals surface area contributed by atoms with Gasteiger partial charge in [-0.3, -0.25) is 9.59 Å². The van der Waals surface area contributed by atoms with Crippen molar-refractivity contribution in [3.63, 3.8) is 0 Å². The summed E-state index contributed by atoms with van der Waals surface area (Å²) in [6.45, 7) is 6.02. The summed E-state index contributed by atoms with van der Waals surface area (Å²) in [7, 11) is 0. The molecule has 4 rings (SSSR count). The third-order valence-electron chi connectivity index (χ3n) is 5.81. The SMILES string of the molecule is CC(C)(C)[C@@H](C(=O)N1CC(O)CC1C(=O)NCc1c[nH]c(=O)[nH]1)n1cc(C2CC2)nn1. The van der Waals surface area contributed by atoms with Gasteiger partial charge in [-0.1, -0.05) is 26.0 Å². The van der Waals surface area contributed by atoms with E-state index in [1.54, 1.807) is 4.68 Å². The lowest BCUT2D eigenvalue weighted by atomic mass is 9.85. The summed E-state index contributed by atoms with van der Waals surface area (Å²) in [6, 6.07) is -1.46. The Morgan fingerprint density at radius 2 is 2.10 bits per heavy atom. The third kappa shape index (κ3) is 4.55. The van der Waals surface area contributed by atoms with Gasteiger partial charge in [-0.15, -0.1) is 5.10 Å². The number of imidazole rings is 1. The molecule has 1 aliphatic heterocycles. The van der Waals surface area contributed by atoms with Crippen LogP contribution in [0.1, 0.15) is 63.4 Å². The van der Waals surface area contributed by atoms with Crippen LogP contribution in [0.4, 0.5) is 0 Å². The number of rotatable bonds is 6. The Kier molecular flexibility index (Phi) is 5.46. The van der Waals surface area contributed by atoms with E-state index in [1.165, 1.54) is 11.1 Å². The Morgan fingerprint density at radius 3 is 2.71 bits per heavy atom. The predicted molar refractivity (Wildman–Crippen MR) is 110 cm³/mol. The van der Waals surface area contributed by atoms with E-state index in [2.05, 4.69) is 25.6 Å². The Balaban J connectivity index is 1.52. The summed E-state index contributed by atoms with van der Waals surface area (Å²) >= 11 is 0. The van der Waals surface area contributed by atoms with E-state index < -0.39 is 23.6 Å². The van der Waals surface area contributed by atoms with Crippen LogP contribution >= 0.6 is 0 Å². The Bertz CT molecular complexity index is 1010. The van der Waals surface area contributed by atoms with Gasteiger partial charge in [-0.2, -0.15) is 0 Å². The molecule has 2 unspecified atom stereocenters. The molecule has 4 N–H and O–H groups in total. The van der Waals surface area contributed by atoms with Gasteiger partial charge in [0.05, 0.1) is 24.0 Å². The number of H-pyrrole nitrogens is 2. The van der Waals surface area contributed by atoms with E-state index in [0.29, 0.717) is 11.6 Å². The highest BCUT2D eigenvalue weighted by atomic mass is 16.3. The molecule has 0 bridgehead atoms. The Hall–Kier alpha value is -2.95. The molecule has 3 atom stereocenters. The Morgan fingerprint density at radius 1 is 1.35 bits per heavy atom. The number of carbonyl (C=O) groups is 2. The van der Waals surface area contributed by atoms with E-state index in [-0.39, 0.29) is 37.0 Å². The summed E-state index contributed by atoms with van der Waals surface area (Å²) in [5.41, 5.74) is 0.574. The molecule has 1 saturated carbocycles. The van der Waals surface area contributed by atoms with Gasteiger partial charge in [0.15, 0.2) is 0 Å². The van der Waals surface area contributed by atoms with Crippen LogP contribution in [0.2, 0.25) is 0 Å². The predicted octanol–water partition coefficient (Wildman–Crippen LogP) is 0.0373. The van der Waals surface area contributed by atoms with E-state index in [9.17, 15) is 19.5 Å². The minimum atomic E-state index is -0.801. The molecular weight excluding hydrogens is 402 g/mol. The largest absolute Gasteiger partial charge is 0.391 e. The smallest absolute Gasteiger partial charge is 0.323 e. The summed E-state index contributed by atoms with van der Waals surface area (Å²) < 4.78 is 1.60. The van der Waals surface area contributed by atoms with Gasteiger partial charge < -0.3 is 25.3 Å². The van der Waals surface area contributed by atoms with Crippen molar-refractivity contribution < 1.29 is 14.7 Å². The Labute approximate surface area is 179 Å². The molecule has 0 radical (unpaired) electrons. The molecule has 1 saturated heterocycles. The molecule has 2 aromatic rings. The number of hydrogen-bond donors (Lipinski definition) is 4. The lowest BCUT2D eigenvalue weighted by Crippen LogP contribution is -2.50. The highest BCUT2D eigenvalue weighted by Crippen LogP contribution is 2.40. The lowest BCUT2D eigenvalue weighted by molar-refractivity contribution is -0.144. The van der Waals surface area contributed by atoms with Gasteiger partial charge in [0, 0.05) is 31.3 Å². The molecule has 2 aromatic heterocycles. The molecule has 0 aromatic carbocycles. The average molecular weight is 431 g/mol. The standard InChI is InChI=1S/C20H29N7O4/c1-20(2,3)16(27-10-14(24-25-27)11-4-5-11)18(30)26-9-13(28)6-15(26)17(29)21-7-12-8-22-19(31)23-12/h8,10-11,13,15-16,28H,4-7,9H2,1-3H3,(H,21,29)(H2,22,23,31)/t13?,15?,16-/m1/s1. The van der Waals surface area contributed by atoms with E-state index in [1.807, 2.05) is 27.0 Å². The fourth-order valence-electron chi connectivity index (χ4n) is 4.09. The van der Waals surface area contributed by atoms with Crippen molar-refractivity contribution in [3.8, 4) is 0 Å². The minimum Gasteiger partial charge on any atom is -0.391 e. The maximum Gasteiger partial charge on any atom is 0.323 e. The number of β-amino-alcohol motifs (C(OH)–C–C–N with tert-alkyl or cyclic N) is 1. The number of nitrogens with one attached hydrogen (secondary N) is 3. The van der Waals surface area contributed by atoms with Crippen LogP contribution in [0, 0.1) is 5.41 Å². The number of nitrogens with zero attached hydrogens (tertiary/aromatic N) is 4. The summed E-state index contributed by atoms with van der Waals surface area (Å²) in [6.07, 6.45) is 4.84. The molecule has 2 aliphatic rings. The molecule has 11 nitrogen and oxygen atoms in total. The topological polar surface area (TPSA) is 149 Å². The first-order valence-electron chi connectivity index (χ1n) is 10.6. The van der Waals surface area contributed by atoms with Crippen LogP contribution in [0.25, 0.3) is 0 Å². The number of aliphatic hydroxyl groups excluding tert-OH is 1. The second-order valence-electron chi connectivity index (χ2n) is 9.55. The first-order chi connectivity index (χ1) is 14.6. The zero-order chi connectivity index (χ0) is 22.3. The molecule has 2 amide bonds. The normalized spacial score (nSPS) is 22.5. The first-order valence-corrected chi connectivity index (χ1v) is 10.6. The third-order valence-corrected chi connectivity index (χ3v) is 5.81. The number of likely N-dealkylation sites (tertiary alicyclic amines) is 1. The van der Waals surface area contributed by atoms with Crippen LogP contribution in [-0.2, 0) is 16.1 Å². The van der Waals surface area contributed by atoms with Gasteiger partial charge in [0.25, 0.3) is 0 Å². The van der Waals surface area contributed by atoms with Crippen molar-refractivity contribution >= 4 is 11.8 Å². The molecular formula is C20H29N7O4. The molecule has 11 heteroatoms. The van der Waals surface area contributed by atoms with E-state index >= 15 is 0 Å². The number of hydrogen-bond acceptors (Lipinski definition) is 6. The highest BCUT2D eigenvalue weighted by molar-refractivity contribution is 5.90. The molecule has 31 heavy (non-hydrogen) atoms. The van der Waals surface area contributed by atoms with Crippen molar-refractivity contribution in [2.24, 2.45) is 5.41 Å². The van der Waals surface area contributed by atoms with Crippen molar-refractivity contribution in [1.82, 2.24) is 35.2 Å². The fraction of sp³-hybridized carbons (Fsp3) is 0.650. The lowest BCUT2D eigenvalue weighted by Gasteiger charge is -2.34. The van der Waals surface area contributed by atoms with Crippen LogP contribution in [0.5, 0.6) is 0 Å². The monoisotopic (exact) mass is 431 g/mol.